The normalized spacial score (nSPS) is 17.5. The predicted octanol–water partition coefficient (Wildman–Crippen LogP) is 3.08. The molecule has 0 aliphatic carbocycles. The number of hydrogen-bond donors (Lipinski definition) is 0. The van der Waals surface area contributed by atoms with Gasteiger partial charge in [0, 0.05) is 13.1 Å². The van der Waals surface area contributed by atoms with Crippen LogP contribution in [0, 0.1) is 0 Å². The van der Waals surface area contributed by atoms with Gasteiger partial charge in [0.25, 0.3) is 11.1 Å². The Morgan fingerprint density at radius 1 is 1.03 bits per heavy atom. The van der Waals surface area contributed by atoms with E-state index in [1.165, 1.54) is 0 Å². The van der Waals surface area contributed by atoms with E-state index in [1.54, 1.807) is 36.1 Å². The van der Waals surface area contributed by atoms with Crippen LogP contribution in [0.25, 0.3) is 6.08 Å². The smallest absolute Gasteiger partial charge is 0.344 e. The zero-order chi connectivity index (χ0) is 23.8. The highest BCUT2D eigenvalue weighted by atomic mass is 32.2. The van der Waals surface area contributed by atoms with Gasteiger partial charge in [-0.15, -0.1) is 0 Å². The Labute approximate surface area is 197 Å². The summed E-state index contributed by atoms with van der Waals surface area (Å²) in [5, 5.41) is -0.462. The minimum absolute atomic E-state index is 0.208. The second kappa shape index (κ2) is 11.7. The van der Waals surface area contributed by atoms with E-state index < -0.39 is 17.1 Å². The van der Waals surface area contributed by atoms with Crippen molar-refractivity contribution in [3.8, 4) is 11.5 Å². The van der Waals surface area contributed by atoms with Crippen LogP contribution in [-0.2, 0) is 19.1 Å². The van der Waals surface area contributed by atoms with E-state index in [-0.39, 0.29) is 30.6 Å². The van der Waals surface area contributed by atoms with Crippen LogP contribution >= 0.6 is 11.8 Å². The Bertz CT molecular complexity index is 941. The lowest BCUT2D eigenvalue weighted by Gasteiger charge is -2.27. The fourth-order valence-corrected chi connectivity index (χ4v) is 4.35. The third-order valence-electron chi connectivity index (χ3n) is 5.09. The van der Waals surface area contributed by atoms with Crippen molar-refractivity contribution in [1.82, 2.24) is 9.80 Å². The van der Waals surface area contributed by atoms with Gasteiger partial charge in [-0.05, 0) is 68.6 Å². The molecule has 178 valence electrons. The molecule has 1 aromatic carbocycles. The summed E-state index contributed by atoms with van der Waals surface area (Å²) in [5.74, 6) is -0.426. The molecule has 3 rings (SSSR count). The molecule has 2 aliphatic heterocycles. The molecule has 2 fully saturated rings. The molecule has 1 aromatic rings. The van der Waals surface area contributed by atoms with Gasteiger partial charge >= 0.3 is 5.97 Å². The molecule has 2 saturated heterocycles. The van der Waals surface area contributed by atoms with Crippen molar-refractivity contribution in [2.75, 3.05) is 39.5 Å². The van der Waals surface area contributed by atoms with Gasteiger partial charge in [-0.2, -0.15) is 0 Å². The number of benzene rings is 1. The molecule has 9 nitrogen and oxygen atoms in total. The van der Waals surface area contributed by atoms with Crippen LogP contribution in [-0.4, -0.2) is 72.3 Å². The summed E-state index contributed by atoms with van der Waals surface area (Å²) in [7, 11) is 0. The van der Waals surface area contributed by atoms with Gasteiger partial charge < -0.3 is 19.1 Å². The maximum Gasteiger partial charge on any atom is 0.344 e. The Morgan fingerprint density at radius 3 is 2.48 bits per heavy atom. The first-order valence-corrected chi connectivity index (χ1v) is 11.8. The number of nitrogens with zero attached hydrogens (tertiary/aromatic N) is 2. The maximum absolute atomic E-state index is 12.8. The number of amides is 3. The standard InChI is InChI=1S/C23H28N2O7S/c1-3-30-18-12-16(8-9-17(18)32-15-21(27)31-4-2)13-19-22(28)25(23(29)33-19)14-20(26)24-10-6-5-7-11-24/h8-9,12-13H,3-7,10-11,14-15H2,1-2H3/b19-13-. The minimum Gasteiger partial charge on any atom is -0.490 e. The summed E-state index contributed by atoms with van der Waals surface area (Å²) >= 11 is 0.803. The van der Waals surface area contributed by atoms with Crippen molar-refractivity contribution in [1.29, 1.82) is 0 Å². The number of ether oxygens (including phenoxy) is 3. The number of piperidine rings is 1. The van der Waals surface area contributed by atoms with Crippen LogP contribution in [0.15, 0.2) is 23.1 Å². The molecule has 0 radical (unpaired) electrons. The van der Waals surface area contributed by atoms with Crippen molar-refractivity contribution in [3.63, 3.8) is 0 Å². The predicted molar refractivity (Wildman–Crippen MR) is 123 cm³/mol. The van der Waals surface area contributed by atoms with Crippen molar-refractivity contribution in [2.45, 2.75) is 33.1 Å². The van der Waals surface area contributed by atoms with Gasteiger partial charge in [0.2, 0.25) is 5.91 Å². The highest BCUT2D eigenvalue weighted by Crippen LogP contribution is 2.34. The molecule has 3 amide bonds. The second-order valence-electron chi connectivity index (χ2n) is 7.44. The summed E-state index contributed by atoms with van der Waals surface area (Å²) < 4.78 is 15.9. The van der Waals surface area contributed by atoms with Crippen LogP contribution in [0.5, 0.6) is 11.5 Å². The number of rotatable bonds is 9. The fraction of sp³-hybridized carbons (Fsp3) is 0.478. The van der Waals surface area contributed by atoms with E-state index in [9.17, 15) is 19.2 Å². The molecule has 0 N–H and O–H groups in total. The van der Waals surface area contributed by atoms with E-state index in [0.717, 1.165) is 35.9 Å². The quantitative estimate of drug-likeness (QED) is 0.396. The molecule has 0 aromatic heterocycles. The number of imide groups is 1. The zero-order valence-electron chi connectivity index (χ0n) is 18.8. The molecule has 0 saturated carbocycles. The molecule has 2 heterocycles. The second-order valence-corrected chi connectivity index (χ2v) is 8.44. The van der Waals surface area contributed by atoms with Crippen molar-refractivity contribution < 1.29 is 33.4 Å². The van der Waals surface area contributed by atoms with Gasteiger partial charge in [0.1, 0.15) is 6.54 Å². The minimum atomic E-state index is -0.490. The number of likely N-dealkylation sites (tertiary alicyclic amines) is 1. The van der Waals surface area contributed by atoms with E-state index in [1.807, 2.05) is 6.92 Å². The van der Waals surface area contributed by atoms with Crippen molar-refractivity contribution in [2.24, 2.45) is 0 Å². The van der Waals surface area contributed by atoms with Crippen LogP contribution in [0.1, 0.15) is 38.7 Å². The summed E-state index contributed by atoms with van der Waals surface area (Å²) in [6.45, 7) is 4.98. The molecule has 0 atom stereocenters. The highest BCUT2D eigenvalue weighted by molar-refractivity contribution is 8.18. The summed E-state index contributed by atoms with van der Waals surface area (Å²) in [5.41, 5.74) is 0.620. The Hall–Kier alpha value is -3.01. The summed E-state index contributed by atoms with van der Waals surface area (Å²) in [6, 6.07) is 4.98. The molecule has 0 unspecified atom stereocenters. The number of carbonyl (C=O) groups is 4. The monoisotopic (exact) mass is 476 g/mol. The lowest BCUT2D eigenvalue weighted by Crippen LogP contribution is -2.44. The average Bonchev–Trinajstić information content (AvgIpc) is 3.06. The van der Waals surface area contributed by atoms with Gasteiger partial charge in [0.15, 0.2) is 18.1 Å². The fourth-order valence-electron chi connectivity index (χ4n) is 3.51. The topological polar surface area (TPSA) is 102 Å². The average molecular weight is 477 g/mol. The third-order valence-corrected chi connectivity index (χ3v) is 6.00. The number of esters is 1. The molecule has 0 bridgehead atoms. The van der Waals surface area contributed by atoms with Crippen molar-refractivity contribution >= 4 is 40.9 Å². The number of carbonyl (C=O) groups excluding carboxylic acids is 4. The van der Waals surface area contributed by atoms with E-state index in [2.05, 4.69) is 0 Å². The van der Waals surface area contributed by atoms with Crippen LogP contribution < -0.4 is 9.47 Å². The Morgan fingerprint density at radius 2 is 1.79 bits per heavy atom. The zero-order valence-corrected chi connectivity index (χ0v) is 19.7. The van der Waals surface area contributed by atoms with Gasteiger partial charge in [-0.1, -0.05) is 6.07 Å². The molecule has 2 aliphatic rings. The van der Waals surface area contributed by atoms with Gasteiger partial charge in [0.05, 0.1) is 18.1 Å². The van der Waals surface area contributed by atoms with E-state index >= 15 is 0 Å². The largest absolute Gasteiger partial charge is 0.490 e. The molecule has 0 spiro atoms. The summed E-state index contributed by atoms with van der Waals surface area (Å²) in [6.07, 6.45) is 4.54. The summed E-state index contributed by atoms with van der Waals surface area (Å²) in [4.78, 5) is 52.2. The lowest BCUT2D eigenvalue weighted by molar-refractivity contribution is -0.145. The maximum atomic E-state index is 12.8. The highest BCUT2D eigenvalue weighted by Gasteiger charge is 2.37. The molecule has 33 heavy (non-hydrogen) atoms. The van der Waals surface area contributed by atoms with E-state index in [4.69, 9.17) is 14.2 Å². The van der Waals surface area contributed by atoms with Gasteiger partial charge in [-0.25, -0.2) is 4.79 Å². The third kappa shape index (κ3) is 6.50. The first-order chi connectivity index (χ1) is 15.9. The molecular formula is C23H28N2O7S. The van der Waals surface area contributed by atoms with Crippen molar-refractivity contribution in [3.05, 3.63) is 28.7 Å². The number of hydrogen-bond acceptors (Lipinski definition) is 8. The Kier molecular flexibility index (Phi) is 8.76. The first kappa shape index (κ1) is 24.6. The Balaban J connectivity index is 1.70. The van der Waals surface area contributed by atoms with Crippen LogP contribution in [0.3, 0.4) is 0 Å². The van der Waals surface area contributed by atoms with Gasteiger partial charge in [-0.3, -0.25) is 19.3 Å². The van der Waals surface area contributed by atoms with Crippen LogP contribution in [0.2, 0.25) is 0 Å². The molecular weight excluding hydrogens is 448 g/mol. The molecule has 10 heteroatoms. The first-order valence-electron chi connectivity index (χ1n) is 11.0. The lowest BCUT2D eigenvalue weighted by atomic mass is 10.1. The van der Waals surface area contributed by atoms with Crippen LogP contribution in [0.4, 0.5) is 4.79 Å². The number of thioether (sulfide) groups is 1. The SMILES string of the molecule is CCOC(=O)COc1ccc(/C=C2\SC(=O)N(CC(=O)N3CCCCC3)C2=O)cc1OCC. The van der Waals surface area contributed by atoms with E-state index in [0.29, 0.717) is 36.8 Å².